The van der Waals surface area contributed by atoms with Gasteiger partial charge in [0.1, 0.15) is 5.75 Å². The second-order valence-corrected chi connectivity index (χ2v) is 6.50. The van der Waals surface area contributed by atoms with E-state index >= 15 is 0 Å². The molecule has 0 radical (unpaired) electrons. The molecule has 0 N–H and O–H groups in total. The average molecular weight is 301 g/mol. The summed E-state index contributed by atoms with van der Waals surface area (Å²) in [7, 11) is 5.97. The Kier molecular flexibility index (Phi) is 6.15. The smallest absolute Gasteiger partial charge is 0.132 e. The zero-order valence-electron chi connectivity index (χ0n) is 13.0. The van der Waals surface area contributed by atoms with Gasteiger partial charge in [0.05, 0.1) is 7.11 Å². The Morgan fingerprint density at radius 1 is 1.00 bits per heavy atom. The predicted molar refractivity (Wildman–Crippen MR) is 91.2 cm³/mol. The van der Waals surface area contributed by atoms with Crippen LogP contribution in [0, 0.1) is 0 Å². The molecule has 21 heavy (non-hydrogen) atoms. The van der Waals surface area contributed by atoms with Crippen molar-refractivity contribution < 1.29 is 4.74 Å². The van der Waals surface area contributed by atoms with E-state index in [1.807, 2.05) is 23.9 Å². The zero-order chi connectivity index (χ0) is 15.1. The summed E-state index contributed by atoms with van der Waals surface area (Å²) in [4.78, 5) is 3.44. The second kappa shape index (κ2) is 8.11. The van der Waals surface area contributed by atoms with Gasteiger partial charge in [-0.25, -0.2) is 0 Å². The van der Waals surface area contributed by atoms with Crippen molar-refractivity contribution in [3.05, 3.63) is 60.2 Å². The van der Waals surface area contributed by atoms with Crippen molar-refractivity contribution >= 4 is 11.8 Å². The van der Waals surface area contributed by atoms with Gasteiger partial charge in [-0.3, -0.25) is 0 Å². The summed E-state index contributed by atoms with van der Waals surface area (Å²) in [6.45, 7) is 1.07. The van der Waals surface area contributed by atoms with Gasteiger partial charge in [0.15, 0.2) is 0 Å². The Balaban J connectivity index is 2.19. The molecular weight excluding hydrogens is 278 g/mol. The first-order chi connectivity index (χ1) is 10.2. The van der Waals surface area contributed by atoms with Crippen LogP contribution < -0.4 is 4.74 Å². The molecule has 1 atom stereocenters. The predicted octanol–water partition coefficient (Wildman–Crippen LogP) is 4.48. The first-order valence-corrected chi connectivity index (χ1v) is 8.08. The highest BCUT2D eigenvalue weighted by molar-refractivity contribution is 7.99. The molecule has 2 nitrogen and oxygen atoms in total. The van der Waals surface area contributed by atoms with Gasteiger partial charge >= 0.3 is 0 Å². The first kappa shape index (κ1) is 15.9. The fourth-order valence-electron chi connectivity index (χ4n) is 2.21. The molecule has 2 aromatic carbocycles. The topological polar surface area (TPSA) is 12.5 Å². The lowest BCUT2D eigenvalue weighted by molar-refractivity contribution is 0.397. The summed E-state index contributed by atoms with van der Waals surface area (Å²) in [5, 5.41) is 0.435. The van der Waals surface area contributed by atoms with Crippen LogP contribution in [0.25, 0.3) is 0 Å². The number of methoxy groups -OCH3 is 1. The van der Waals surface area contributed by atoms with Gasteiger partial charge in [-0.05, 0) is 44.8 Å². The summed E-state index contributed by atoms with van der Waals surface area (Å²) < 4.78 is 5.48. The largest absolute Gasteiger partial charge is 0.496 e. The van der Waals surface area contributed by atoms with Crippen LogP contribution in [0.3, 0.4) is 0 Å². The average Bonchev–Trinajstić information content (AvgIpc) is 2.52. The minimum absolute atomic E-state index is 0.435. The lowest BCUT2D eigenvalue weighted by Crippen LogP contribution is -2.15. The summed E-state index contributed by atoms with van der Waals surface area (Å²) in [6.07, 6.45) is 1.11. The lowest BCUT2D eigenvalue weighted by Gasteiger charge is -2.20. The minimum atomic E-state index is 0.435. The molecule has 112 valence electrons. The minimum Gasteiger partial charge on any atom is -0.496 e. The zero-order valence-corrected chi connectivity index (χ0v) is 13.8. The molecular formula is C18H23NOS. The maximum Gasteiger partial charge on any atom is 0.132 e. The summed E-state index contributed by atoms with van der Waals surface area (Å²) >= 11 is 1.88. The van der Waals surface area contributed by atoms with E-state index in [-0.39, 0.29) is 0 Å². The Morgan fingerprint density at radius 3 is 2.33 bits per heavy atom. The molecule has 0 saturated heterocycles. The highest BCUT2D eigenvalue weighted by Gasteiger charge is 2.15. The number of benzene rings is 2. The van der Waals surface area contributed by atoms with Crippen LogP contribution in [0.15, 0.2) is 59.5 Å². The van der Waals surface area contributed by atoms with Crippen LogP contribution in [-0.4, -0.2) is 32.6 Å². The third-order valence-corrected chi connectivity index (χ3v) is 4.73. The summed E-state index contributed by atoms with van der Waals surface area (Å²) in [5.74, 6) is 0.952. The molecule has 0 aliphatic carbocycles. The van der Waals surface area contributed by atoms with E-state index in [1.165, 1.54) is 10.5 Å². The van der Waals surface area contributed by atoms with Crippen molar-refractivity contribution in [1.82, 2.24) is 4.90 Å². The fourth-order valence-corrected chi connectivity index (χ4v) is 3.45. The number of hydrogen-bond donors (Lipinski definition) is 0. The molecule has 0 spiro atoms. The van der Waals surface area contributed by atoms with Crippen LogP contribution in [0.2, 0.25) is 0 Å². The molecule has 0 heterocycles. The first-order valence-electron chi connectivity index (χ1n) is 7.20. The molecule has 0 aliphatic rings. The Bertz CT molecular complexity index is 542. The van der Waals surface area contributed by atoms with Crippen LogP contribution in [-0.2, 0) is 0 Å². The monoisotopic (exact) mass is 301 g/mol. The maximum absolute atomic E-state index is 5.48. The van der Waals surface area contributed by atoms with Gasteiger partial charge in [-0.2, -0.15) is 0 Å². The number of para-hydroxylation sites is 1. The summed E-state index contributed by atoms with van der Waals surface area (Å²) in [5.41, 5.74) is 1.37. The maximum atomic E-state index is 5.48. The van der Waals surface area contributed by atoms with E-state index in [1.54, 1.807) is 7.11 Å². The molecule has 0 amide bonds. The van der Waals surface area contributed by atoms with Gasteiger partial charge in [0, 0.05) is 10.1 Å². The molecule has 2 aromatic rings. The molecule has 0 fully saturated rings. The third-order valence-electron chi connectivity index (χ3n) is 3.35. The molecule has 1 unspecified atom stereocenters. The van der Waals surface area contributed by atoms with Crippen LogP contribution in [0.4, 0.5) is 0 Å². The Hall–Kier alpha value is -1.45. The number of rotatable bonds is 7. The van der Waals surface area contributed by atoms with Crippen molar-refractivity contribution in [3.63, 3.8) is 0 Å². The Morgan fingerprint density at radius 2 is 1.67 bits per heavy atom. The van der Waals surface area contributed by atoms with Crippen molar-refractivity contribution in [2.24, 2.45) is 0 Å². The number of hydrogen-bond acceptors (Lipinski definition) is 3. The number of thioether (sulfide) groups is 1. The molecule has 0 aliphatic heterocycles. The standard InChI is InChI=1S/C18H23NOS/c1-19(2)14-13-17(15-9-5-4-6-10-15)21-18-12-8-7-11-16(18)20-3/h4-12,17H,13-14H2,1-3H3. The van der Waals surface area contributed by atoms with Crippen LogP contribution in [0.1, 0.15) is 17.2 Å². The quantitative estimate of drug-likeness (QED) is 0.700. The number of nitrogens with zero attached hydrogens (tertiary/aromatic N) is 1. The van der Waals surface area contributed by atoms with Crippen molar-refractivity contribution in [2.75, 3.05) is 27.7 Å². The van der Waals surface area contributed by atoms with Crippen molar-refractivity contribution in [3.8, 4) is 5.75 Å². The van der Waals surface area contributed by atoms with Gasteiger partial charge in [-0.15, -0.1) is 11.8 Å². The molecule has 0 aromatic heterocycles. The van der Waals surface area contributed by atoms with E-state index in [2.05, 4.69) is 61.5 Å². The lowest BCUT2D eigenvalue weighted by atomic mass is 10.1. The fraction of sp³-hybridized carbons (Fsp3) is 0.333. The molecule has 0 saturated carbocycles. The van der Waals surface area contributed by atoms with Crippen LogP contribution in [0.5, 0.6) is 5.75 Å². The molecule has 0 bridgehead atoms. The highest BCUT2D eigenvalue weighted by Crippen LogP contribution is 2.41. The van der Waals surface area contributed by atoms with Gasteiger partial charge in [-0.1, -0.05) is 42.5 Å². The highest BCUT2D eigenvalue weighted by atomic mass is 32.2. The van der Waals surface area contributed by atoms with E-state index < -0.39 is 0 Å². The van der Waals surface area contributed by atoms with Crippen LogP contribution >= 0.6 is 11.8 Å². The van der Waals surface area contributed by atoms with Crippen molar-refractivity contribution in [1.29, 1.82) is 0 Å². The number of ether oxygens (including phenoxy) is 1. The van der Waals surface area contributed by atoms with Gasteiger partial charge < -0.3 is 9.64 Å². The van der Waals surface area contributed by atoms with E-state index in [0.29, 0.717) is 5.25 Å². The normalized spacial score (nSPS) is 12.4. The van der Waals surface area contributed by atoms with Gasteiger partial charge in [0.25, 0.3) is 0 Å². The van der Waals surface area contributed by atoms with Crippen molar-refractivity contribution in [2.45, 2.75) is 16.6 Å². The summed E-state index contributed by atoms with van der Waals surface area (Å²) in [6, 6.07) is 19.0. The van der Waals surface area contributed by atoms with E-state index in [9.17, 15) is 0 Å². The third kappa shape index (κ3) is 4.80. The molecule has 3 heteroatoms. The van der Waals surface area contributed by atoms with E-state index in [4.69, 9.17) is 4.74 Å². The second-order valence-electron chi connectivity index (χ2n) is 5.26. The molecule has 2 rings (SSSR count). The van der Waals surface area contributed by atoms with E-state index in [0.717, 1.165) is 18.7 Å². The Labute approximate surface area is 132 Å². The van der Waals surface area contributed by atoms with Gasteiger partial charge in [0.2, 0.25) is 0 Å². The SMILES string of the molecule is COc1ccccc1SC(CCN(C)C)c1ccccc1.